The molecule has 100 valence electrons. The molecular weight excluding hydrogens is 254 g/mol. The van der Waals surface area contributed by atoms with Crippen molar-refractivity contribution < 1.29 is 14.6 Å². The number of carbonyl (C=O) groups is 1. The van der Waals surface area contributed by atoms with Crippen LogP contribution in [0.5, 0.6) is 0 Å². The van der Waals surface area contributed by atoms with E-state index in [2.05, 4.69) is 0 Å². The standard InChI is InChI=1S/C13H18ClNO3/c1-10-3-4-11(12(14)9-10)13(17)15(2)5-7-18-8-6-16/h3-4,9,16H,5-8H2,1-2H3. The Morgan fingerprint density at radius 3 is 2.78 bits per heavy atom. The summed E-state index contributed by atoms with van der Waals surface area (Å²) in [6, 6.07) is 5.35. The van der Waals surface area contributed by atoms with Crippen LogP contribution in [0.2, 0.25) is 5.02 Å². The van der Waals surface area contributed by atoms with Gasteiger partial charge in [0, 0.05) is 13.6 Å². The van der Waals surface area contributed by atoms with Crippen molar-refractivity contribution in [3.05, 3.63) is 34.3 Å². The minimum atomic E-state index is -0.132. The molecule has 0 aromatic heterocycles. The number of aryl methyl sites for hydroxylation is 1. The van der Waals surface area contributed by atoms with E-state index >= 15 is 0 Å². The van der Waals surface area contributed by atoms with Crippen molar-refractivity contribution in [2.75, 3.05) is 33.4 Å². The molecule has 0 aliphatic heterocycles. The number of rotatable bonds is 6. The first-order chi connectivity index (χ1) is 8.56. The Kier molecular flexibility index (Phi) is 6.12. The molecule has 0 fully saturated rings. The number of hydrogen-bond donors (Lipinski definition) is 1. The lowest BCUT2D eigenvalue weighted by atomic mass is 10.1. The van der Waals surface area contributed by atoms with Gasteiger partial charge in [0.2, 0.25) is 0 Å². The number of hydrogen-bond acceptors (Lipinski definition) is 3. The van der Waals surface area contributed by atoms with E-state index in [4.69, 9.17) is 21.4 Å². The second-order valence-electron chi connectivity index (χ2n) is 4.05. The Morgan fingerprint density at radius 1 is 1.44 bits per heavy atom. The summed E-state index contributed by atoms with van der Waals surface area (Å²) in [5.41, 5.74) is 1.51. The average Bonchev–Trinajstić information content (AvgIpc) is 2.33. The van der Waals surface area contributed by atoms with E-state index in [0.717, 1.165) is 5.56 Å². The number of aliphatic hydroxyl groups excluding tert-OH is 1. The summed E-state index contributed by atoms with van der Waals surface area (Å²) in [5.74, 6) is -0.132. The highest BCUT2D eigenvalue weighted by atomic mass is 35.5. The van der Waals surface area contributed by atoms with Crippen LogP contribution >= 0.6 is 11.6 Å². The van der Waals surface area contributed by atoms with Gasteiger partial charge in [-0.3, -0.25) is 4.79 Å². The Morgan fingerprint density at radius 2 is 2.17 bits per heavy atom. The number of halogens is 1. The lowest BCUT2D eigenvalue weighted by Gasteiger charge is -2.18. The number of nitrogens with zero attached hydrogens (tertiary/aromatic N) is 1. The zero-order chi connectivity index (χ0) is 13.5. The van der Waals surface area contributed by atoms with Crippen LogP contribution in [0.25, 0.3) is 0 Å². The van der Waals surface area contributed by atoms with Crippen LogP contribution in [0.1, 0.15) is 15.9 Å². The maximum atomic E-state index is 12.1. The summed E-state index contributed by atoms with van der Waals surface area (Å²) in [7, 11) is 1.70. The average molecular weight is 272 g/mol. The van der Waals surface area contributed by atoms with Gasteiger partial charge in [-0.2, -0.15) is 0 Å². The lowest BCUT2D eigenvalue weighted by Crippen LogP contribution is -2.30. The number of likely N-dealkylation sites (N-methyl/N-ethyl adjacent to an activating group) is 1. The van der Waals surface area contributed by atoms with Crippen LogP contribution in [0, 0.1) is 6.92 Å². The molecule has 1 amide bonds. The number of ether oxygens (including phenoxy) is 1. The molecule has 18 heavy (non-hydrogen) atoms. The van der Waals surface area contributed by atoms with Gasteiger partial charge in [0.05, 0.1) is 30.4 Å². The van der Waals surface area contributed by atoms with Gasteiger partial charge in [0.25, 0.3) is 5.91 Å². The largest absolute Gasteiger partial charge is 0.394 e. The Bertz CT molecular complexity index is 409. The first-order valence-electron chi connectivity index (χ1n) is 5.76. The van der Waals surface area contributed by atoms with E-state index < -0.39 is 0 Å². The van der Waals surface area contributed by atoms with Crippen LogP contribution in [-0.2, 0) is 4.74 Å². The third-order valence-electron chi connectivity index (χ3n) is 2.51. The molecule has 1 N–H and O–H groups in total. The summed E-state index contributed by atoms with van der Waals surface area (Å²) in [4.78, 5) is 13.6. The maximum Gasteiger partial charge on any atom is 0.255 e. The fourth-order valence-corrected chi connectivity index (χ4v) is 1.78. The summed E-state index contributed by atoms with van der Waals surface area (Å²) in [5, 5.41) is 9.02. The first kappa shape index (κ1) is 15.0. The van der Waals surface area contributed by atoms with Crippen LogP contribution in [-0.4, -0.2) is 49.3 Å². The molecule has 4 nitrogen and oxygen atoms in total. The smallest absolute Gasteiger partial charge is 0.255 e. The predicted molar refractivity (Wildman–Crippen MR) is 71.1 cm³/mol. The minimum Gasteiger partial charge on any atom is -0.394 e. The molecule has 0 bridgehead atoms. The lowest BCUT2D eigenvalue weighted by molar-refractivity contribution is 0.0618. The molecule has 0 saturated carbocycles. The van der Waals surface area contributed by atoms with Crippen molar-refractivity contribution in [1.82, 2.24) is 4.90 Å². The van der Waals surface area contributed by atoms with Gasteiger partial charge in [-0.1, -0.05) is 17.7 Å². The molecular formula is C13H18ClNO3. The van der Waals surface area contributed by atoms with Gasteiger partial charge < -0.3 is 14.7 Å². The van der Waals surface area contributed by atoms with Crippen molar-refractivity contribution in [1.29, 1.82) is 0 Å². The fraction of sp³-hybridized carbons (Fsp3) is 0.462. The zero-order valence-corrected chi connectivity index (χ0v) is 11.4. The van der Waals surface area contributed by atoms with Crippen molar-refractivity contribution in [2.24, 2.45) is 0 Å². The van der Waals surface area contributed by atoms with E-state index in [-0.39, 0.29) is 19.1 Å². The van der Waals surface area contributed by atoms with Crippen molar-refractivity contribution in [3.63, 3.8) is 0 Å². The molecule has 0 radical (unpaired) electrons. The minimum absolute atomic E-state index is 0.0124. The summed E-state index contributed by atoms with van der Waals surface area (Å²) >= 11 is 6.04. The number of carbonyl (C=O) groups excluding carboxylic acids is 1. The predicted octanol–water partition coefficient (Wildman–Crippen LogP) is 1.73. The van der Waals surface area contributed by atoms with Crippen molar-refractivity contribution >= 4 is 17.5 Å². The van der Waals surface area contributed by atoms with Crippen LogP contribution in [0.15, 0.2) is 18.2 Å². The summed E-state index contributed by atoms with van der Waals surface area (Å²) < 4.78 is 5.11. The van der Waals surface area contributed by atoms with E-state index in [1.54, 1.807) is 24.1 Å². The maximum absolute atomic E-state index is 12.1. The van der Waals surface area contributed by atoms with Gasteiger partial charge in [-0.05, 0) is 24.6 Å². The van der Waals surface area contributed by atoms with E-state index in [1.807, 2.05) is 13.0 Å². The highest BCUT2D eigenvalue weighted by molar-refractivity contribution is 6.33. The molecule has 0 spiro atoms. The monoisotopic (exact) mass is 271 g/mol. The van der Waals surface area contributed by atoms with Gasteiger partial charge in [0.1, 0.15) is 0 Å². The number of benzene rings is 1. The number of amides is 1. The van der Waals surface area contributed by atoms with Gasteiger partial charge in [0.15, 0.2) is 0 Å². The summed E-state index contributed by atoms with van der Waals surface area (Å²) in [6.07, 6.45) is 0. The van der Waals surface area contributed by atoms with E-state index in [0.29, 0.717) is 23.7 Å². The number of aliphatic hydroxyl groups is 1. The molecule has 1 aromatic rings. The first-order valence-corrected chi connectivity index (χ1v) is 6.14. The van der Waals surface area contributed by atoms with Crippen LogP contribution in [0.4, 0.5) is 0 Å². The molecule has 0 saturated heterocycles. The van der Waals surface area contributed by atoms with Crippen LogP contribution < -0.4 is 0 Å². The molecule has 1 aromatic carbocycles. The Hall–Kier alpha value is -1.10. The molecule has 0 heterocycles. The molecule has 0 unspecified atom stereocenters. The second-order valence-corrected chi connectivity index (χ2v) is 4.45. The van der Waals surface area contributed by atoms with Crippen molar-refractivity contribution in [3.8, 4) is 0 Å². The highest BCUT2D eigenvalue weighted by Crippen LogP contribution is 2.18. The Balaban J connectivity index is 2.57. The topological polar surface area (TPSA) is 49.8 Å². The highest BCUT2D eigenvalue weighted by Gasteiger charge is 2.14. The molecule has 1 rings (SSSR count). The molecule has 0 aliphatic rings. The molecule has 0 atom stereocenters. The second kappa shape index (κ2) is 7.36. The fourth-order valence-electron chi connectivity index (χ4n) is 1.47. The van der Waals surface area contributed by atoms with Gasteiger partial charge >= 0.3 is 0 Å². The van der Waals surface area contributed by atoms with Crippen LogP contribution in [0.3, 0.4) is 0 Å². The normalized spacial score (nSPS) is 10.4. The third-order valence-corrected chi connectivity index (χ3v) is 2.82. The Labute approximate surface area is 112 Å². The SMILES string of the molecule is Cc1ccc(C(=O)N(C)CCOCCO)c(Cl)c1. The third kappa shape index (κ3) is 4.29. The molecule has 0 aliphatic carbocycles. The summed E-state index contributed by atoms with van der Waals surface area (Å²) in [6.45, 7) is 3.05. The van der Waals surface area contributed by atoms with E-state index in [9.17, 15) is 4.79 Å². The van der Waals surface area contributed by atoms with E-state index in [1.165, 1.54) is 0 Å². The van der Waals surface area contributed by atoms with Gasteiger partial charge in [-0.25, -0.2) is 0 Å². The zero-order valence-electron chi connectivity index (χ0n) is 10.6. The van der Waals surface area contributed by atoms with Crippen molar-refractivity contribution in [2.45, 2.75) is 6.92 Å². The quantitative estimate of drug-likeness (QED) is 0.802. The molecule has 5 heteroatoms. The van der Waals surface area contributed by atoms with Gasteiger partial charge in [-0.15, -0.1) is 0 Å².